The van der Waals surface area contributed by atoms with Crippen molar-refractivity contribution in [2.24, 2.45) is 0 Å². The van der Waals surface area contributed by atoms with E-state index in [9.17, 15) is 18.4 Å². The van der Waals surface area contributed by atoms with E-state index in [1.54, 1.807) is 41.2 Å². The Morgan fingerprint density at radius 1 is 1.00 bits per heavy atom. The molecule has 7 nitrogen and oxygen atoms in total. The Labute approximate surface area is 177 Å². The summed E-state index contributed by atoms with van der Waals surface area (Å²) < 4.78 is 31.0. The normalized spacial score (nSPS) is 14.4. The number of benzene rings is 2. The van der Waals surface area contributed by atoms with E-state index in [0.717, 1.165) is 5.56 Å². The zero-order chi connectivity index (χ0) is 22.1. The fourth-order valence-electron chi connectivity index (χ4n) is 3.70. The summed E-state index contributed by atoms with van der Waals surface area (Å²) in [6, 6.07) is 10.0. The number of fused-ring (bicyclic) bond motifs is 1. The SMILES string of the molecule is COc1cc(C(=O)N2CCN(C(=O)c3ccc4nc(C(F)F)[nH]c4c3)CC2)ccc1C. The maximum Gasteiger partial charge on any atom is 0.295 e. The maximum absolute atomic E-state index is 12.9. The molecule has 1 N–H and O–H groups in total. The van der Waals surface area contributed by atoms with Gasteiger partial charge in [0.15, 0.2) is 5.82 Å². The van der Waals surface area contributed by atoms with E-state index in [1.807, 2.05) is 13.0 Å². The smallest absolute Gasteiger partial charge is 0.295 e. The Balaban J connectivity index is 1.43. The van der Waals surface area contributed by atoms with Crippen molar-refractivity contribution in [2.45, 2.75) is 13.3 Å². The fourth-order valence-corrected chi connectivity index (χ4v) is 3.70. The predicted molar refractivity (Wildman–Crippen MR) is 111 cm³/mol. The van der Waals surface area contributed by atoms with Crippen molar-refractivity contribution >= 4 is 22.8 Å². The van der Waals surface area contributed by atoms with Gasteiger partial charge in [0.05, 0.1) is 18.1 Å². The number of H-pyrrole nitrogens is 1. The van der Waals surface area contributed by atoms with Gasteiger partial charge in [-0.05, 0) is 42.8 Å². The lowest BCUT2D eigenvalue weighted by atomic mass is 10.1. The van der Waals surface area contributed by atoms with Crippen LogP contribution in [0, 0.1) is 6.92 Å². The zero-order valence-corrected chi connectivity index (χ0v) is 17.2. The summed E-state index contributed by atoms with van der Waals surface area (Å²) in [4.78, 5) is 35.4. The lowest BCUT2D eigenvalue weighted by molar-refractivity contribution is 0.0535. The molecule has 0 aliphatic carbocycles. The van der Waals surface area contributed by atoms with Crippen LogP contribution in [0.2, 0.25) is 0 Å². The van der Waals surface area contributed by atoms with Crippen LogP contribution in [0.1, 0.15) is 38.5 Å². The van der Waals surface area contributed by atoms with Crippen molar-refractivity contribution in [1.29, 1.82) is 0 Å². The molecule has 0 bridgehead atoms. The van der Waals surface area contributed by atoms with Crippen LogP contribution in [0.4, 0.5) is 8.78 Å². The van der Waals surface area contributed by atoms with E-state index in [2.05, 4.69) is 9.97 Å². The minimum atomic E-state index is -2.70. The number of hydrogen-bond donors (Lipinski definition) is 1. The molecule has 1 aromatic heterocycles. The highest BCUT2D eigenvalue weighted by Crippen LogP contribution is 2.23. The first-order chi connectivity index (χ1) is 14.9. The number of amides is 2. The summed E-state index contributed by atoms with van der Waals surface area (Å²) in [5, 5.41) is 0. The van der Waals surface area contributed by atoms with E-state index in [4.69, 9.17) is 4.74 Å². The molecule has 4 rings (SSSR count). The molecule has 162 valence electrons. The molecule has 0 spiro atoms. The highest BCUT2D eigenvalue weighted by molar-refractivity contribution is 5.98. The van der Waals surface area contributed by atoms with Crippen molar-refractivity contribution in [3.8, 4) is 5.75 Å². The number of aryl methyl sites for hydroxylation is 1. The Bertz CT molecular complexity index is 1140. The minimum absolute atomic E-state index is 0.108. The molecule has 9 heteroatoms. The molecule has 1 fully saturated rings. The second-order valence-electron chi connectivity index (χ2n) is 7.42. The predicted octanol–water partition coefficient (Wildman–Crippen LogP) is 3.42. The first kappa shape index (κ1) is 20.8. The summed E-state index contributed by atoms with van der Waals surface area (Å²) in [7, 11) is 1.57. The lowest BCUT2D eigenvalue weighted by Crippen LogP contribution is -2.50. The molecule has 1 saturated heterocycles. The number of rotatable bonds is 4. The molecule has 0 saturated carbocycles. The van der Waals surface area contributed by atoms with Gasteiger partial charge >= 0.3 is 0 Å². The third-order valence-electron chi connectivity index (χ3n) is 5.46. The number of aromatic amines is 1. The number of ether oxygens (including phenoxy) is 1. The Kier molecular flexibility index (Phi) is 5.58. The minimum Gasteiger partial charge on any atom is -0.496 e. The van der Waals surface area contributed by atoms with Crippen molar-refractivity contribution in [2.75, 3.05) is 33.3 Å². The van der Waals surface area contributed by atoms with Gasteiger partial charge in [0, 0.05) is 37.3 Å². The van der Waals surface area contributed by atoms with Crippen LogP contribution in [0.25, 0.3) is 11.0 Å². The quantitative estimate of drug-likeness (QED) is 0.691. The third-order valence-corrected chi connectivity index (χ3v) is 5.46. The van der Waals surface area contributed by atoms with E-state index < -0.39 is 12.2 Å². The second-order valence-corrected chi connectivity index (χ2v) is 7.42. The molecule has 1 aliphatic rings. The number of alkyl halides is 2. The van der Waals surface area contributed by atoms with Crippen LogP contribution in [0.5, 0.6) is 5.75 Å². The molecule has 2 heterocycles. The number of piperazine rings is 1. The van der Waals surface area contributed by atoms with Gasteiger partial charge in [-0.2, -0.15) is 0 Å². The van der Waals surface area contributed by atoms with Crippen molar-refractivity contribution in [3.05, 3.63) is 58.9 Å². The monoisotopic (exact) mass is 428 g/mol. The van der Waals surface area contributed by atoms with Gasteiger partial charge in [-0.3, -0.25) is 9.59 Å². The molecule has 3 aromatic rings. The second kappa shape index (κ2) is 8.33. The van der Waals surface area contributed by atoms with Crippen LogP contribution in [0.15, 0.2) is 36.4 Å². The average Bonchev–Trinajstić information content (AvgIpc) is 3.22. The summed E-state index contributed by atoms with van der Waals surface area (Å²) in [5.41, 5.74) is 2.66. The van der Waals surface area contributed by atoms with Crippen LogP contribution >= 0.6 is 0 Å². The molecule has 31 heavy (non-hydrogen) atoms. The lowest BCUT2D eigenvalue weighted by Gasteiger charge is -2.35. The van der Waals surface area contributed by atoms with Gasteiger partial charge in [0.2, 0.25) is 0 Å². The number of aromatic nitrogens is 2. The van der Waals surface area contributed by atoms with Crippen molar-refractivity contribution in [1.82, 2.24) is 19.8 Å². The van der Waals surface area contributed by atoms with Gasteiger partial charge in [-0.25, -0.2) is 13.8 Å². The Morgan fingerprint density at radius 3 is 2.16 bits per heavy atom. The van der Waals surface area contributed by atoms with Crippen molar-refractivity contribution in [3.63, 3.8) is 0 Å². The highest BCUT2D eigenvalue weighted by Gasteiger charge is 2.26. The number of methoxy groups -OCH3 is 1. The van der Waals surface area contributed by atoms with Crippen LogP contribution in [-0.4, -0.2) is 64.9 Å². The number of nitrogens with one attached hydrogen (secondary N) is 1. The number of carbonyl (C=O) groups excluding carboxylic acids is 2. The van der Waals surface area contributed by atoms with Gasteiger partial charge in [0.25, 0.3) is 18.2 Å². The molecular formula is C22H22F2N4O3. The average molecular weight is 428 g/mol. The standard InChI is InChI=1S/C22H22F2N4O3/c1-13-3-4-15(12-18(13)31-2)22(30)28-9-7-27(8-10-28)21(29)14-5-6-16-17(11-14)26-20(25-16)19(23)24/h3-6,11-12,19H,7-10H2,1-2H3,(H,25,26). The van der Waals surface area contributed by atoms with E-state index >= 15 is 0 Å². The van der Waals surface area contributed by atoms with Crippen LogP contribution in [0.3, 0.4) is 0 Å². The summed E-state index contributed by atoms with van der Waals surface area (Å²) >= 11 is 0. The Morgan fingerprint density at radius 2 is 1.58 bits per heavy atom. The molecule has 1 aliphatic heterocycles. The van der Waals surface area contributed by atoms with Gasteiger partial charge < -0.3 is 19.5 Å². The number of imidazole rings is 1. The molecule has 0 unspecified atom stereocenters. The zero-order valence-electron chi connectivity index (χ0n) is 17.2. The Hall–Kier alpha value is -3.49. The van der Waals surface area contributed by atoms with Crippen LogP contribution < -0.4 is 4.74 Å². The topological polar surface area (TPSA) is 78.5 Å². The summed E-state index contributed by atoms with van der Waals surface area (Å²) in [5.74, 6) is -0.0775. The molecular weight excluding hydrogens is 406 g/mol. The summed E-state index contributed by atoms with van der Waals surface area (Å²) in [6.45, 7) is 3.49. The maximum atomic E-state index is 12.9. The number of nitrogens with zero attached hydrogens (tertiary/aromatic N) is 3. The molecule has 0 radical (unpaired) electrons. The number of hydrogen-bond acceptors (Lipinski definition) is 4. The number of halogens is 2. The first-order valence-electron chi connectivity index (χ1n) is 9.88. The summed E-state index contributed by atoms with van der Waals surface area (Å²) in [6.07, 6.45) is -2.70. The van der Waals surface area contributed by atoms with Crippen molar-refractivity contribution < 1.29 is 23.1 Å². The molecule has 0 atom stereocenters. The van der Waals surface area contributed by atoms with Gasteiger partial charge in [-0.1, -0.05) is 6.07 Å². The van der Waals surface area contributed by atoms with Gasteiger partial charge in [0.1, 0.15) is 5.75 Å². The number of carbonyl (C=O) groups is 2. The fraction of sp³-hybridized carbons (Fsp3) is 0.318. The van der Waals surface area contributed by atoms with E-state index in [1.165, 1.54) is 6.07 Å². The van der Waals surface area contributed by atoms with Gasteiger partial charge in [-0.15, -0.1) is 0 Å². The third kappa shape index (κ3) is 4.08. The molecule has 2 aromatic carbocycles. The van der Waals surface area contributed by atoms with Crippen LogP contribution in [-0.2, 0) is 0 Å². The van der Waals surface area contributed by atoms with E-state index in [-0.39, 0.29) is 11.8 Å². The first-order valence-corrected chi connectivity index (χ1v) is 9.88. The highest BCUT2D eigenvalue weighted by atomic mass is 19.3. The molecule has 2 amide bonds. The largest absolute Gasteiger partial charge is 0.496 e. The van der Waals surface area contributed by atoms with E-state index in [0.29, 0.717) is 54.1 Å².